The minimum atomic E-state index is -1.06. The number of hydrogen-bond acceptors (Lipinski definition) is 4. The molecule has 1 heterocycles. The van der Waals surface area contributed by atoms with E-state index in [0.717, 1.165) is 13.0 Å². The molecule has 0 aliphatic carbocycles. The Balaban J connectivity index is 1.99. The van der Waals surface area contributed by atoms with Crippen LogP contribution in [-0.4, -0.2) is 37.1 Å². The van der Waals surface area contributed by atoms with E-state index in [0.29, 0.717) is 6.54 Å². The smallest absolute Gasteiger partial charge is 0.327 e. The van der Waals surface area contributed by atoms with Gasteiger partial charge in [0.1, 0.15) is 18.0 Å². The van der Waals surface area contributed by atoms with E-state index in [4.69, 9.17) is 10.5 Å². The number of hydrogen-bond donors (Lipinski definition) is 1. The second kappa shape index (κ2) is 5.46. The number of ether oxygens (including phenoxy) is 1. The van der Waals surface area contributed by atoms with Crippen molar-refractivity contribution in [3.63, 3.8) is 0 Å². The van der Waals surface area contributed by atoms with Gasteiger partial charge < -0.3 is 15.4 Å². The zero-order valence-electron chi connectivity index (χ0n) is 10.3. The van der Waals surface area contributed by atoms with Crippen molar-refractivity contribution in [2.75, 3.05) is 20.1 Å². The zero-order valence-corrected chi connectivity index (χ0v) is 10.3. The Morgan fingerprint density at radius 2 is 2.28 bits per heavy atom. The lowest BCUT2D eigenvalue weighted by atomic mass is 10.1. The van der Waals surface area contributed by atoms with Crippen LogP contribution >= 0.6 is 0 Å². The number of rotatable bonds is 3. The summed E-state index contributed by atoms with van der Waals surface area (Å²) in [5.41, 5.74) is 5.90. The zero-order chi connectivity index (χ0) is 13.1. The van der Waals surface area contributed by atoms with Crippen LogP contribution in [0.25, 0.3) is 0 Å². The molecule has 0 aromatic heterocycles. The predicted molar refractivity (Wildman–Crippen MR) is 65.3 cm³/mol. The topological polar surface area (TPSA) is 55.6 Å². The molecule has 2 unspecified atom stereocenters. The van der Waals surface area contributed by atoms with Crippen molar-refractivity contribution in [1.29, 1.82) is 0 Å². The number of esters is 1. The summed E-state index contributed by atoms with van der Waals surface area (Å²) in [6.07, 6.45) is 0.659. The van der Waals surface area contributed by atoms with E-state index in [9.17, 15) is 9.18 Å². The predicted octanol–water partition coefficient (Wildman–Crippen LogP) is 1.07. The van der Waals surface area contributed by atoms with Crippen LogP contribution in [0.5, 0.6) is 0 Å². The maximum Gasteiger partial charge on any atom is 0.327 e. The first-order valence-corrected chi connectivity index (χ1v) is 5.97. The molecule has 1 aromatic rings. The second-order valence-electron chi connectivity index (χ2n) is 4.61. The SMILES string of the molecule is CN1CCC(OC(=O)C(N)c2ccccc2F)C1. The summed E-state index contributed by atoms with van der Waals surface area (Å²) in [6.45, 7) is 1.60. The van der Waals surface area contributed by atoms with Crippen molar-refractivity contribution in [2.24, 2.45) is 5.73 Å². The number of likely N-dealkylation sites (N-methyl/N-ethyl adjacent to an activating group) is 1. The van der Waals surface area contributed by atoms with E-state index in [2.05, 4.69) is 4.90 Å². The van der Waals surface area contributed by atoms with Crippen molar-refractivity contribution >= 4 is 5.97 Å². The van der Waals surface area contributed by atoms with Crippen molar-refractivity contribution in [1.82, 2.24) is 4.90 Å². The Bertz CT molecular complexity index is 439. The first kappa shape index (κ1) is 13.0. The fourth-order valence-corrected chi connectivity index (χ4v) is 2.08. The summed E-state index contributed by atoms with van der Waals surface area (Å²) in [5.74, 6) is -1.05. The third-order valence-electron chi connectivity index (χ3n) is 3.13. The molecule has 1 fully saturated rings. The van der Waals surface area contributed by atoms with Crippen molar-refractivity contribution in [3.05, 3.63) is 35.6 Å². The summed E-state index contributed by atoms with van der Waals surface area (Å²) >= 11 is 0. The van der Waals surface area contributed by atoms with Gasteiger partial charge in [-0.25, -0.2) is 9.18 Å². The maximum atomic E-state index is 13.5. The van der Waals surface area contributed by atoms with Crippen molar-refractivity contribution < 1.29 is 13.9 Å². The van der Waals surface area contributed by atoms with Crippen molar-refractivity contribution in [2.45, 2.75) is 18.6 Å². The number of halogens is 1. The van der Waals surface area contributed by atoms with Crippen LogP contribution in [-0.2, 0) is 9.53 Å². The molecule has 1 saturated heterocycles. The standard InChI is InChI=1S/C13H17FN2O2/c1-16-7-6-9(8-16)18-13(17)12(15)10-4-2-3-5-11(10)14/h2-5,9,12H,6-8,15H2,1H3. The molecule has 0 bridgehead atoms. The summed E-state index contributed by atoms with van der Waals surface area (Å²) in [6, 6.07) is 4.93. The normalized spacial score (nSPS) is 21.8. The number of carbonyl (C=O) groups is 1. The van der Waals surface area contributed by atoms with Gasteiger partial charge >= 0.3 is 5.97 Å². The first-order chi connectivity index (χ1) is 8.58. The highest BCUT2D eigenvalue weighted by Gasteiger charge is 2.27. The molecule has 0 amide bonds. The number of likely N-dealkylation sites (tertiary alicyclic amines) is 1. The fourth-order valence-electron chi connectivity index (χ4n) is 2.08. The largest absolute Gasteiger partial charge is 0.460 e. The molecular weight excluding hydrogens is 235 g/mol. The molecule has 4 nitrogen and oxygen atoms in total. The molecule has 2 rings (SSSR count). The Morgan fingerprint density at radius 3 is 2.89 bits per heavy atom. The van der Waals surface area contributed by atoms with Gasteiger partial charge in [-0.1, -0.05) is 18.2 Å². The van der Waals surface area contributed by atoms with Crippen LogP contribution in [0.4, 0.5) is 4.39 Å². The molecule has 18 heavy (non-hydrogen) atoms. The van der Waals surface area contributed by atoms with Crippen LogP contribution in [0.3, 0.4) is 0 Å². The molecule has 2 atom stereocenters. The monoisotopic (exact) mass is 252 g/mol. The van der Waals surface area contributed by atoms with Gasteiger partial charge in [0.05, 0.1) is 0 Å². The number of carbonyl (C=O) groups excluding carboxylic acids is 1. The van der Waals surface area contributed by atoms with Gasteiger partial charge in [0, 0.05) is 18.7 Å². The van der Waals surface area contributed by atoms with Crippen LogP contribution in [0.1, 0.15) is 18.0 Å². The number of nitrogens with zero attached hydrogens (tertiary/aromatic N) is 1. The van der Waals surface area contributed by atoms with E-state index in [1.54, 1.807) is 12.1 Å². The van der Waals surface area contributed by atoms with Gasteiger partial charge in [-0.05, 0) is 19.5 Å². The Labute approximate surface area is 106 Å². The van der Waals surface area contributed by atoms with Gasteiger partial charge in [0.15, 0.2) is 0 Å². The Hall–Kier alpha value is -1.46. The fraction of sp³-hybridized carbons (Fsp3) is 0.462. The van der Waals surface area contributed by atoms with Gasteiger partial charge in [-0.3, -0.25) is 0 Å². The molecule has 1 aliphatic rings. The third-order valence-corrected chi connectivity index (χ3v) is 3.13. The van der Waals surface area contributed by atoms with Crippen molar-refractivity contribution in [3.8, 4) is 0 Å². The molecule has 0 saturated carbocycles. The maximum absolute atomic E-state index is 13.5. The quantitative estimate of drug-likeness (QED) is 0.818. The summed E-state index contributed by atoms with van der Waals surface area (Å²) in [4.78, 5) is 13.9. The lowest BCUT2D eigenvalue weighted by Gasteiger charge is -2.16. The molecule has 5 heteroatoms. The summed E-state index contributed by atoms with van der Waals surface area (Å²) < 4.78 is 18.8. The number of benzene rings is 1. The van der Waals surface area contributed by atoms with Crippen LogP contribution in [0.15, 0.2) is 24.3 Å². The van der Waals surface area contributed by atoms with Gasteiger partial charge in [-0.2, -0.15) is 0 Å². The Kier molecular flexibility index (Phi) is 3.93. The summed E-state index contributed by atoms with van der Waals surface area (Å²) in [5, 5.41) is 0. The average molecular weight is 252 g/mol. The first-order valence-electron chi connectivity index (χ1n) is 5.97. The van der Waals surface area contributed by atoms with E-state index in [-0.39, 0.29) is 11.7 Å². The van der Waals surface area contributed by atoms with E-state index < -0.39 is 17.8 Å². The average Bonchev–Trinajstić information content (AvgIpc) is 2.74. The van der Waals surface area contributed by atoms with E-state index >= 15 is 0 Å². The molecule has 2 N–H and O–H groups in total. The second-order valence-corrected chi connectivity index (χ2v) is 4.61. The van der Waals surface area contributed by atoms with Crippen LogP contribution in [0.2, 0.25) is 0 Å². The van der Waals surface area contributed by atoms with Gasteiger partial charge in [0.2, 0.25) is 0 Å². The minimum absolute atomic E-state index is 0.139. The lowest BCUT2D eigenvalue weighted by molar-refractivity contribution is -0.150. The highest BCUT2D eigenvalue weighted by Crippen LogP contribution is 2.18. The van der Waals surface area contributed by atoms with Crippen LogP contribution < -0.4 is 5.73 Å². The molecule has 1 aliphatic heterocycles. The highest BCUT2D eigenvalue weighted by atomic mass is 19.1. The van der Waals surface area contributed by atoms with E-state index in [1.165, 1.54) is 12.1 Å². The van der Waals surface area contributed by atoms with Gasteiger partial charge in [-0.15, -0.1) is 0 Å². The Morgan fingerprint density at radius 1 is 1.56 bits per heavy atom. The molecular formula is C13H17FN2O2. The molecule has 0 radical (unpaired) electrons. The minimum Gasteiger partial charge on any atom is -0.460 e. The van der Waals surface area contributed by atoms with Crippen LogP contribution in [0, 0.1) is 5.82 Å². The molecule has 1 aromatic carbocycles. The lowest BCUT2D eigenvalue weighted by Crippen LogP contribution is -2.30. The third kappa shape index (κ3) is 2.86. The van der Waals surface area contributed by atoms with E-state index in [1.807, 2.05) is 7.05 Å². The van der Waals surface area contributed by atoms with Gasteiger partial charge in [0.25, 0.3) is 0 Å². The molecule has 0 spiro atoms. The highest BCUT2D eigenvalue weighted by molar-refractivity contribution is 5.77. The molecule has 98 valence electrons. The summed E-state index contributed by atoms with van der Waals surface area (Å²) in [7, 11) is 1.96. The number of nitrogens with two attached hydrogens (primary N) is 1.